The minimum atomic E-state index is -0.697. The van der Waals surface area contributed by atoms with E-state index in [1.807, 2.05) is 18.4 Å². The van der Waals surface area contributed by atoms with Crippen molar-refractivity contribution in [1.29, 1.82) is 0 Å². The van der Waals surface area contributed by atoms with Gasteiger partial charge in [0.05, 0.1) is 17.7 Å². The van der Waals surface area contributed by atoms with Gasteiger partial charge in [0, 0.05) is 32.9 Å². The van der Waals surface area contributed by atoms with Crippen molar-refractivity contribution in [1.82, 2.24) is 9.47 Å². The maximum atomic E-state index is 12.3. The number of hydrogen-bond acceptors (Lipinski definition) is 3. The fourth-order valence-corrected chi connectivity index (χ4v) is 2.09. The Morgan fingerprint density at radius 2 is 2.21 bits per heavy atom. The first-order chi connectivity index (χ1) is 8.86. The van der Waals surface area contributed by atoms with Gasteiger partial charge in [-0.3, -0.25) is 4.79 Å². The van der Waals surface area contributed by atoms with E-state index in [9.17, 15) is 9.90 Å². The molecule has 1 unspecified atom stereocenters. The van der Waals surface area contributed by atoms with Crippen molar-refractivity contribution in [3.63, 3.8) is 0 Å². The summed E-state index contributed by atoms with van der Waals surface area (Å²) in [6.45, 7) is 4.37. The highest BCUT2D eigenvalue weighted by Gasteiger charge is 2.20. The average Bonchev–Trinajstić information content (AvgIpc) is 2.70. The van der Waals surface area contributed by atoms with Crippen LogP contribution in [-0.4, -0.2) is 53.9 Å². The van der Waals surface area contributed by atoms with Gasteiger partial charge in [-0.15, -0.1) is 0 Å². The Hall–Kier alpha value is -1.04. The Bertz CT molecular complexity index is 432. The SMILES string of the molecule is COCC(O)CN(C)C(=O)c1cc(Cl)cn1C(C)C. The monoisotopic (exact) mass is 288 g/mol. The number of ether oxygens (including phenoxy) is 1. The number of likely N-dealkylation sites (N-methyl/N-ethyl adjacent to an activating group) is 1. The minimum absolute atomic E-state index is 0.142. The number of aliphatic hydroxyl groups excluding tert-OH is 1. The molecule has 1 N–H and O–H groups in total. The first-order valence-electron chi connectivity index (χ1n) is 6.16. The zero-order chi connectivity index (χ0) is 14.6. The van der Waals surface area contributed by atoms with Gasteiger partial charge in [0.1, 0.15) is 5.69 Å². The molecule has 0 aliphatic rings. The second-order valence-electron chi connectivity index (χ2n) is 4.84. The smallest absolute Gasteiger partial charge is 0.270 e. The predicted octanol–water partition coefficient (Wildman–Crippen LogP) is 1.80. The quantitative estimate of drug-likeness (QED) is 0.868. The minimum Gasteiger partial charge on any atom is -0.389 e. The average molecular weight is 289 g/mol. The summed E-state index contributed by atoms with van der Waals surface area (Å²) >= 11 is 5.95. The van der Waals surface area contributed by atoms with Gasteiger partial charge in [-0.1, -0.05) is 11.6 Å². The van der Waals surface area contributed by atoms with Crippen LogP contribution in [0.4, 0.5) is 0 Å². The number of rotatable bonds is 6. The molecule has 1 atom stereocenters. The summed E-state index contributed by atoms with van der Waals surface area (Å²) in [6, 6.07) is 1.78. The van der Waals surface area contributed by atoms with E-state index in [0.29, 0.717) is 10.7 Å². The zero-order valence-corrected chi connectivity index (χ0v) is 12.5. The van der Waals surface area contributed by atoms with E-state index < -0.39 is 6.10 Å². The highest BCUT2D eigenvalue weighted by molar-refractivity contribution is 6.31. The molecular formula is C13H21ClN2O3. The molecule has 108 valence electrons. The standard InChI is InChI=1S/C13H21ClN2O3/c1-9(2)16-6-10(14)5-12(16)13(18)15(3)7-11(17)8-19-4/h5-6,9,11,17H,7-8H2,1-4H3. The molecule has 0 fully saturated rings. The summed E-state index contributed by atoms with van der Waals surface area (Å²) in [7, 11) is 3.15. The highest BCUT2D eigenvalue weighted by atomic mass is 35.5. The lowest BCUT2D eigenvalue weighted by Crippen LogP contribution is -2.37. The molecule has 5 nitrogen and oxygen atoms in total. The summed E-state index contributed by atoms with van der Waals surface area (Å²) in [6.07, 6.45) is 1.04. The number of amides is 1. The molecule has 6 heteroatoms. The van der Waals surface area contributed by atoms with E-state index in [1.54, 1.807) is 19.3 Å². The van der Waals surface area contributed by atoms with Crippen molar-refractivity contribution < 1.29 is 14.6 Å². The van der Waals surface area contributed by atoms with Gasteiger partial charge in [-0.2, -0.15) is 0 Å². The van der Waals surface area contributed by atoms with Crippen molar-refractivity contribution in [3.8, 4) is 0 Å². The molecule has 0 radical (unpaired) electrons. The maximum Gasteiger partial charge on any atom is 0.270 e. The van der Waals surface area contributed by atoms with Crippen LogP contribution in [0.1, 0.15) is 30.4 Å². The van der Waals surface area contributed by atoms with Gasteiger partial charge in [0.15, 0.2) is 0 Å². The van der Waals surface area contributed by atoms with E-state index in [0.717, 1.165) is 0 Å². The predicted molar refractivity (Wildman–Crippen MR) is 74.7 cm³/mol. The largest absolute Gasteiger partial charge is 0.389 e. The number of methoxy groups -OCH3 is 1. The molecule has 0 spiro atoms. The first-order valence-corrected chi connectivity index (χ1v) is 6.54. The van der Waals surface area contributed by atoms with Crippen LogP contribution in [0.3, 0.4) is 0 Å². The molecule has 19 heavy (non-hydrogen) atoms. The van der Waals surface area contributed by atoms with Crippen LogP contribution in [0.2, 0.25) is 5.02 Å². The third-order valence-electron chi connectivity index (χ3n) is 2.78. The van der Waals surface area contributed by atoms with Crippen LogP contribution in [0.25, 0.3) is 0 Å². The zero-order valence-electron chi connectivity index (χ0n) is 11.8. The van der Waals surface area contributed by atoms with Gasteiger partial charge in [0.2, 0.25) is 0 Å². The topological polar surface area (TPSA) is 54.7 Å². The number of aromatic nitrogens is 1. The van der Waals surface area contributed by atoms with Crippen molar-refractivity contribution in [2.75, 3.05) is 27.3 Å². The fourth-order valence-electron chi connectivity index (χ4n) is 1.88. The molecule has 0 bridgehead atoms. The van der Waals surface area contributed by atoms with Gasteiger partial charge in [0.25, 0.3) is 5.91 Å². The summed E-state index contributed by atoms with van der Waals surface area (Å²) in [4.78, 5) is 13.8. The van der Waals surface area contributed by atoms with Crippen LogP contribution in [0.15, 0.2) is 12.3 Å². The second-order valence-corrected chi connectivity index (χ2v) is 5.28. The van der Waals surface area contributed by atoms with E-state index in [4.69, 9.17) is 16.3 Å². The summed E-state index contributed by atoms with van der Waals surface area (Å²) in [5.41, 5.74) is 0.520. The number of carbonyl (C=O) groups is 1. The van der Waals surface area contributed by atoms with E-state index in [-0.39, 0.29) is 25.1 Å². The highest BCUT2D eigenvalue weighted by Crippen LogP contribution is 2.20. The molecule has 0 saturated carbocycles. The second kappa shape index (κ2) is 6.93. The van der Waals surface area contributed by atoms with Crippen molar-refractivity contribution in [2.45, 2.75) is 26.0 Å². The van der Waals surface area contributed by atoms with Gasteiger partial charge < -0.3 is 19.3 Å². The number of nitrogens with zero attached hydrogens (tertiary/aromatic N) is 2. The Kier molecular flexibility index (Phi) is 5.85. The molecular weight excluding hydrogens is 268 g/mol. The van der Waals surface area contributed by atoms with Crippen LogP contribution < -0.4 is 0 Å². The van der Waals surface area contributed by atoms with E-state index in [1.165, 1.54) is 12.0 Å². The van der Waals surface area contributed by atoms with Crippen LogP contribution >= 0.6 is 11.6 Å². The van der Waals surface area contributed by atoms with Crippen molar-refractivity contribution in [2.24, 2.45) is 0 Å². The van der Waals surface area contributed by atoms with Gasteiger partial charge >= 0.3 is 0 Å². The molecule has 0 aromatic carbocycles. The lowest BCUT2D eigenvalue weighted by atomic mass is 10.3. The molecule has 1 amide bonds. The number of halogens is 1. The Morgan fingerprint density at radius 3 is 2.74 bits per heavy atom. The Labute approximate surface area is 118 Å². The van der Waals surface area contributed by atoms with Crippen LogP contribution in [0.5, 0.6) is 0 Å². The van der Waals surface area contributed by atoms with Gasteiger partial charge in [-0.05, 0) is 19.9 Å². The third-order valence-corrected chi connectivity index (χ3v) is 2.99. The number of hydrogen-bond donors (Lipinski definition) is 1. The lowest BCUT2D eigenvalue weighted by molar-refractivity contribution is 0.0375. The molecule has 0 saturated heterocycles. The molecule has 0 aliphatic heterocycles. The normalized spacial score (nSPS) is 12.8. The Balaban J connectivity index is 2.82. The number of carbonyl (C=O) groups excluding carboxylic acids is 1. The summed E-state index contributed by atoms with van der Waals surface area (Å²) in [5, 5.41) is 10.2. The molecule has 0 aliphatic carbocycles. The fraction of sp³-hybridized carbons (Fsp3) is 0.615. The summed E-state index contributed by atoms with van der Waals surface area (Å²) < 4.78 is 6.67. The van der Waals surface area contributed by atoms with Crippen molar-refractivity contribution >= 4 is 17.5 Å². The molecule has 1 aromatic rings. The lowest BCUT2D eigenvalue weighted by Gasteiger charge is -2.22. The first kappa shape index (κ1) is 16.0. The van der Waals surface area contributed by atoms with Crippen molar-refractivity contribution in [3.05, 3.63) is 23.0 Å². The maximum absolute atomic E-state index is 12.3. The van der Waals surface area contributed by atoms with E-state index >= 15 is 0 Å². The number of aliphatic hydroxyl groups is 1. The van der Waals surface area contributed by atoms with Crippen LogP contribution in [0, 0.1) is 0 Å². The molecule has 1 heterocycles. The molecule has 1 aromatic heterocycles. The summed E-state index contributed by atoms with van der Waals surface area (Å²) in [5.74, 6) is -0.171. The van der Waals surface area contributed by atoms with E-state index in [2.05, 4.69) is 0 Å². The molecule has 1 rings (SSSR count). The van der Waals surface area contributed by atoms with Gasteiger partial charge in [-0.25, -0.2) is 0 Å². The third kappa shape index (κ3) is 4.23. The van der Waals surface area contributed by atoms with Crippen LogP contribution in [-0.2, 0) is 4.74 Å². The Morgan fingerprint density at radius 1 is 1.58 bits per heavy atom.